The molecule has 1 aliphatic heterocycles. The van der Waals surface area contributed by atoms with Gasteiger partial charge in [0.15, 0.2) is 0 Å². The van der Waals surface area contributed by atoms with Gasteiger partial charge < -0.3 is 10.6 Å². The molecule has 0 unspecified atom stereocenters. The standard InChI is InChI=1S/C11H17N3OS.2ClH/c15-11(9-3-1-2-5-12-9)14-6-4-10-13-7-8-16-10;;/h7-9,12H,1-6H2,(H,14,15);2*1H/t9-;;/m0../s1. The molecule has 0 bridgehead atoms. The topological polar surface area (TPSA) is 54.0 Å². The largest absolute Gasteiger partial charge is 0.354 e. The molecule has 1 atom stereocenters. The van der Waals surface area contributed by atoms with Crippen molar-refractivity contribution in [1.29, 1.82) is 0 Å². The summed E-state index contributed by atoms with van der Waals surface area (Å²) in [6.07, 6.45) is 5.92. The Morgan fingerprint density at radius 3 is 2.94 bits per heavy atom. The van der Waals surface area contributed by atoms with Crippen LogP contribution >= 0.6 is 36.2 Å². The van der Waals surface area contributed by atoms with Crippen LogP contribution in [0.4, 0.5) is 0 Å². The average Bonchev–Trinajstić information content (AvgIpc) is 2.83. The zero-order valence-corrected chi connectivity index (χ0v) is 12.5. The van der Waals surface area contributed by atoms with Crippen molar-refractivity contribution in [3.05, 3.63) is 16.6 Å². The van der Waals surface area contributed by atoms with Gasteiger partial charge in [0.05, 0.1) is 11.0 Å². The van der Waals surface area contributed by atoms with Crippen molar-refractivity contribution in [2.24, 2.45) is 0 Å². The first-order chi connectivity index (χ1) is 7.86. The number of amides is 1. The lowest BCUT2D eigenvalue weighted by Crippen LogP contribution is -2.47. The van der Waals surface area contributed by atoms with Crippen LogP contribution in [-0.2, 0) is 11.2 Å². The molecule has 4 nitrogen and oxygen atoms in total. The molecular weight excluding hydrogens is 293 g/mol. The van der Waals surface area contributed by atoms with Crippen LogP contribution in [0.1, 0.15) is 24.3 Å². The van der Waals surface area contributed by atoms with Gasteiger partial charge in [0.2, 0.25) is 5.91 Å². The fraction of sp³-hybridized carbons (Fsp3) is 0.636. The molecule has 18 heavy (non-hydrogen) atoms. The van der Waals surface area contributed by atoms with Gasteiger partial charge in [-0.15, -0.1) is 36.2 Å². The van der Waals surface area contributed by atoms with Crippen LogP contribution in [0.2, 0.25) is 0 Å². The lowest BCUT2D eigenvalue weighted by Gasteiger charge is -2.22. The Morgan fingerprint density at radius 2 is 2.33 bits per heavy atom. The molecule has 1 aromatic rings. The average molecular weight is 312 g/mol. The van der Waals surface area contributed by atoms with E-state index in [2.05, 4.69) is 15.6 Å². The fourth-order valence-corrected chi connectivity index (χ4v) is 2.49. The molecule has 2 rings (SSSR count). The third kappa shape index (κ3) is 5.52. The van der Waals surface area contributed by atoms with Gasteiger partial charge in [-0.25, -0.2) is 4.98 Å². The minimum absolute atomic E-state index is 0. The molecule has 7 heteroatoms. The minimum Gasteiger partial charge on any atom is -0.354 e. The van der Waals surface area contributed by atoms with Crippen molar-refractivity contribution in [2.45, 2.75) is 31.7 Å². The minimum atomic E-state index is 0. The van der Waals surface area contributed by atoms with E-state index in [1.54, 1.807) is 17.5 Å². The number of hydrogen-bond donors (Lipinski definition) is 2. The van der Waals surface area contributed by atoms with Crippen molar-refractivity contribution in [2.75, 3.05) is 13.1 Å². The summed E-state index contributed by atoms with van der Waals surface area (Å²) in [6, 6.07) is 0.0186. The smallest absolute Gasteiger partial charge is 0.237 e. The molecule has 1 saturated heterocycles. The second kappa shape index (κ2) is 9.55. The van der Waals surface area contributed by atoms with E-state index < -0.39 is 0 Å². The van der Waals surface area contributed by atoms with Gasteiger partial charge >= 0.3 is 0 Å². The first-order valence-corrected chi connectivity index (χ1v) is 6.64. The van der Waals surface area contributed by atoms with Crippen molar-refractivity contribution >= 4 is 42.1 Å². The highest BCUT2D eigenvalue weighted by Gasteiger charge is 2.19. The molecule has 1 aliphatic rings. The van der Waals surface area contributed by atoms with Crippen LogP contribution < -0.4 is 10.6 Å². The number of aromatic nitrogens is 1. The number of nitrogens with one attached hydrogen (secondary N) is 2. The van der Waals surface area contributed by atoms with Crippen LogP contribution in [0, 0.1) is 0 Å². The number of rotatable bonds is 4. The SMILES string of the molecule is Cl.Cl.O=C(NCCc1nccs1)[C@@H]1CCCCN1. The molecule has 1 aromatic heterocycles. The molecule has 2 N–H and O–H groups in total. The molecule has 1 amide bonds. The number of hydrogen-bond acceptors (Lipinski definition) is 4. The van der Waals surface area contributed by atoms with Crippen LogP contribution in [0.25, 0.3) is 0 Å². The lowest BCUT2D eigenvalue weighted by molar-refractivity contribution is -0.123. The molecule has 2 heterocycles. The molecule has 104 valence electrons. The van der Waals surface area contributed by atoms with E-state index in [9.17, 15) is 4.79 Å². The Hall–Kier alpha value is -0.360. The maximum absolute atomic E-state index is 11.7. The summed E-state index contributed by atoms with van der Waals surface area (Å²) in [5, 5.41) is 9.23. The first-order valence-electron chi connectivity index (χ1n) is 5.76. The number of carbonyl (C=O) groups is 1. The monoisotopic (exact) mass is 311 g/mol. The molecule has 0 aliphatic carbocycles. The molecule has 0 spiro atoms. The van der Waals surface area contributed by atoms with E-state index in [0.29, 0.717) is 6.54 Å². The van der Waals surface area contributed by atoms with E-state index in [1.165, 1.54) is 6.42 Å². The predicted molar refractivity (Wildman–Crippen MR) is 79.0 cm³/mol. The first kappa shape index (κ1) is 17.6. The van der Waals surface area contributed by atoms with Crippen molar-refractivity contribution in [3.8, 4) is 0 Å². The second-order valence-corrected chi connectivity index (χ2v) is 4.95. The maximum Gasteiger partial charge on any atom is 0.237 e. The molecule has 0 aromatic carbocycles. The molecule has 0 saturated carbocycles. The van der Waals surface area contributed by atoms with Crippen LogP contribution in [-0.4, -0.2) is 30.0 Å². The second-order valence-electron chi connectivity index (χ2n) is 3.97. The Kier molecular flexibility index (Phi) is 9.36. The number of halogens is 2. The summed E-state index contributed by atoms with van der Waals surface area (Å²) in [5.41, 5.74) is 0. The van der Waals surface area contributed by atoms with Gasteiger partial charge in [0.1, 0.15) is 0 Å². The molecule has 0 radical (unpaired) electrons. The van der Waals surface area contributed by atoms with Crippen LogP contribution in [0.5, 0.6) is 0 Å². The van der Waals surface area contributed by atoms with Gasteiger partial charge in [-0.2, -0.15) is 0 Å². The fourth-order valence-electron chi connectivity index (χ4n) is 1.87. The van der Waals surface area contributed by atoms with Gasteiger partial charge in [-0.3, -0.25) is 4.79 Å². The Bertz CT molecular complexity index is 329. The van der Waals surface area contributed by atoms with E-state index in [0.717, 1.165) is 30.8 Å². The molecular formula is C11H19Cl2N3OS. The summed E-state index contributed by atoms with van der Waals surface area (Å²) in [4.78, 5) is 15.9. The highest BCUT2D eigenvalue weighted by molar-refractivity contribution is 7.09. The van der Waals surface area contributed by atoms with Crippen LogP contribution in [0.15, 0.2) is 11.6 Å². The summed E-state index contributed by atoms with van der Waals surface area (Å²) < 4.78 is 0. The zero-order valence-electron chi connectivity index (χ0n) is 10.1. The van der Waals surface area contributed by atoms with Crippen molar-refractivity contribution in [3.63, 3.8) is 0 Å². The summed E-state index contributed by atoms with van der Waals surface area (Å²) in [5.74, 6) is 0.135. The van der Waals surface area contributed by atoms with Gasteiger partial charge in [-0.05, 0) is 19.4 Å². The maximum atomic E-state index is 11.7. The highest BCUT2D eigenvalue weighted by Crippen LogP contribution is 2.07. The number of nitrogens with zero attached hydrogens (tertiary/aromatic N) is 1. The number of carbonyl (C=O) groups excluding carboxylic acids is 1. The third-order valence-corrected chi connectivity index (χ3v) is 3.59. The predicted octanol–water partition coefficient (Wildman–Crippen LogP) is 1.79. The summed E-state index contributed by atoms with van der Waals surface area (Å²) >= 11 is 1.63. The van der Waals surface area contributed by atoms with E-state index >= 15 is 0 Å². The van der Waals surface area contributed by atoms with E-state index in [1.807, 2.05) is 5.38 Å². The number of thiazole rings is 1. The van der Waals surface area contributed by atoms with Crippen molar-refractivity contribution < 1.29 is 4.79 Å². The lowest BCUT2D eigenvalue weighted by atomic mass is 10.0. The van der Waals surface area contributed by atoms with E-state index in [-0.39, 0.29) is 36.8 Å². The third-order valence-electron chi connectivity index (χ3n) is 2.75. The summed E-state index contributed by atoms with van der Waals surface area (Å²) in [7, 11) is 0. The zero-order chi connectivity index (χ0) is 11.2. The Morgan fingerprint density at radius 1 is 1.50 bits per heavy atom. The van der Waals surface area contributed by atoms with Gasteiger partial charge in [0.25, 0.3) is 0 Å². The normalized spacial score (nSPS) is 18.3. The Balaban J connectivity index is 0.00000144. The summed E-state index contributed by atoms with van der Waals surface area (Å²) in [6.45, 7) is 1.65. The molecule has 1 fully saturated rings. The van der Waals surface area contributed by atoms with E-state index in [4.69, 9.17) is 0 Å². The van der Waals surface area contributed by atoms with Gasteiger partial charge in [-0.1, -0.05) is 6.42 Å². The quantitative estimate of drug-likeness (QED) is 0.891. The van der Waals surface area contributed by atoms with Crippen LogP contribution in [0.3, 0.4) is 0 Å². The number of piperidine rings is 1. The Labute approximate surface area is 124 Å². The van der Waals surface area contributed by atoms with Gasteiger partial charge in [0, 0.05) is 24.5 Å². The van der Waals surface area contributed by atoms with Crippen molar-refractivity contribution in [1.82, 2.24) is 15.6 Å². The highest BCUT2D eigenvalue weighted by atomic mass is 35.5.